The summed E-state index contributed by atoms with van der Waals surface area (Å²) >= 11 is 5.92. The third-order valence-electron chi connectivity index (χ3n) is 2.67. The van der Waals surface area contributed by atoms with Gasteiger partial charge in [0.15, 0.2) is 0 Å². The fraction of sp³-hybridized carbons (Fsp3) is 0.0667. The van der Waals surface area contributed by atoms with E-state index in [4.69, 9.17) is 11.6 Å². The largest absolute Gasteiger partial charge is 0.507 e. The molecule has 0 unspecified atom stereocenters. The zero-order valence-corrected chi connectivity index (χ0v) is 11.6. The van der Waals surface area contributed by atoms with Gasteiger partial charge in [-0.15, -0.1) is 0 Å². The molecule has 0 saturated heterocycles. The average molecular weight is 289 g/mol. The lowest BCUT2D eigenvalue weighted by atomic mass is 10.1. The van der Waals surface area contributed by atoms with Crippen LogP contribution in [-0.4, -0.2) is 17.2 Å². The lowest BCUT2D eigenvalue weighted by Gasteiger charge is -2.02. The van der Waals surface area contributed by atoms with Crippen LogP contribution in [0.2, 0.25) is 5.02 Å². The van der Waals surface area contributed by atoms with Crippen molar-refractivity contribution in [2.75, 3.05) is 0 Å². The highest BCUT2D eigenvalue weighted by Crippen LogP contribution is 2.22. The number of nitrogens with zero attached hydrogens (tertiary/aromatic N) is 1. The topological polar surface area (TPSA) is 61.7 Å². The molecule has 0 aliphatic rings. The van der Waals surface area contributed by atoms with Crippen LogP contribution in [0.1, 0.15) is 21.5 Å². The Morgan fingerprint density at radius 3 is 2.75 bits per heavy atom. The number of nitrogens with one attached hydrogen (secondary N) is 1. The van der Waals surface area contributed by atoms with E-state index in [1.807, 2.05) is 13.0 Å². The fourth-order valence-electron chi connectivity index (χ4n) is 1.66. The number of hydrogen-bond donors (Lipinski definition) is 2. The van der Waals surface area contributed by atoms with Crippen LogP contribution in [0.4, 0.5) is 0 Å². The highest BCUT2D eigenvalue weighted by molar-refractivity contribution is 6.33. The van der Waals surface area contributed by atoms with E-state index in [0.717, 1.165) is 5.56 Å². The second-order valence-corrected chi connectivity index (χ2v) is 4.65. The Labute approximate surface area is 121 Å². The van der Waals surface area contributed by atoms with Crippen LogP contribution in [0, 0.1) is 6.92 Å². The molecular weight excluding hydrogens is 276 g/mol. The van der Waals surface area contributed by atoms with Crippen molar-refractivity contribution < 1.29 is 9.90 Å². The third-order valence-corrected chi connectivity index (χ3v) is 3.00. The lowest BCUT2D eigenvalue weighted by Crippen LogP contribution is -2.17. The first-order valence-corrected chi connectivity index (χ1v) is 6.33. The number of carbonyl (C=O) groups is 1. The normalized spacial score (nSPS) is 10.7. The number of phenolic OH excluding ortho intramolecular Hbond substituents is 1. The van der Waals surface area contributed by atoms with Crippen molar-refractivity contribution in [3.8, 4) is 5.75 Å². The van der Waals surface area contributed by atoms with Crippen molar-refractivity contribution >= 4 is 23.7 Å². The standard InChI is InChI=1S/C15H13ClN2O2/c1-10-4-2-5-11(8-10)15(20)18-17-9-12-13(16)6-3-7-14(12)19/h2-9,19H,1H3,(H,18,20)/b17-9+. The Balaban J connectivity index is 2.09. The van der Waals surface area contributed by atoms with Crippen LogP contribution in [-0.2, 0) is 0 Å². The highest BCUT2D eigenvalue weighted by Gasteiger charge is 2.05. The van der Waals surface area contributed by atoms with Gasteiger partial charge in [-0.3, -0.25) is 4.79 Å². The maximum Gasteiger partial charge on any atom is 0.271 e. The molecule has 102 valence electrons. The maximum atomic E-state index is 11.8. The summed E-state index contributed by atoms with van der Waals surface area (Å²) in [5, 5.41) is 13.8. The first kappa shape index (κ1) is 14.1. The summed E-state index contributed by atoms with van der Waals surface area (Å²) in [4.78, 5) is 11.8. The number of carbonyl (C=O) groups excluding carboxylic acids is 1. The predicted octanol–water partition coefficient (Wildman–Crippen LogP) is 3.12. The Morgan fingerprint density at radius 1 is 1.30 bits per heavy atom. The van der Waals surface area contributed by atoms with E-state index in [0.29, 0.717) is 16.1 Å². The van der Waals surface area contributed by atoms with Gasteiger partial charge in [0.1, 0.15) is 5.75 Å². The van der Waals surface area contributed by atoms with Crippen LogP contribution in [0.5, 0.6) is 5.75 Å². The van der Waals surface area contributed by atoms with Gasteiger partial charge in [0.25, 0.3) is 5.91 Å². The molecule has 0 spiro atoms. The van der Waals surface area contributed by atoms with Gasteiger partial charge in [-0.25, -0.2) is 5.43 Å². The van der Waals surface area contributed by atoms with E-state index in [1.165, 1.54) is 12.3 Å². The summed E-state index contributed by atoms with van der Waals surface area (Å²) in [5.74, 6) is -0.317. The SMILES string of the molecule is Cc1cccc(C(=O)N/N=C/c2c(O)cccc2Cl)c1. The zero-order valence-electron chi connectivity index (χ0n) is 10.8. The monoisotopic (exact) mass is 288 g/mol. The number of halogens is 1. The first-order valence-electron chi connectivity index (χ1n) is 5.95. The second-order valence-electron chi connectivity index (χ2n) is 4.24. The molecule has 0 atom stereocenters. The van der Waals surface area contributed by atoms with Crippen molar-refractivity contribution in [1.29, 1.82) is 0 Å². The quantitative estimate of drug-likeness (QED) is 0.673. The summed E-state index contributed by atoms with van der Waals surface area (Å²) in [6.07, 6.45) is 1.31. The average Bonchev–Trinajstić information content (AvgIpc) is 2.42. The predicted molar refractivity (Wildman–Crippen MR) is 79.4 cm³/mol. The molecule has 2 rings (SSSR count). The molecule has 0 saturated carbocycles. The summed E-state index contributed by atoms with van der Waals surface area (Å²) in [5.41, 5.74) is 4.26. The molecule has 0 aromatic heterocycles. The molecular formula is C15H13ClN2O2. The van der Waals surface area contributed by atoms with E-state index in [-0.39, 0.29) is 11.7 Å². The van der Waals surface area contributed by atoms with Crippen LogP contribution < -0.4 is 5.43 Å². The molecule has 0 heterocycles. The molecule has 4 nitrogen and oxygen atoms in total. The molecule has 5 heteroatoms. The third kappa shape index (κ3) is 3.36. The van der Waals surface area contributed by atoms with Crippen molar-refractivity contribution in [2.45, 2.75) is 6.92 Å². The number of rotatable bonds is 3. The van der Waals surface area contributed by atoms with Gasteiger partial charge in [0, 0.05) is 5.56 Å². The number of phenols is 1. The zero-order chi connectivity index (χ0) is 14.5. The smallest absolute Gasteiger partial charge is 0.271 e. The van der Waals surface area contributed by atoms with Gasteiger partial charge in [0.2, 0.25) is 0 Å². The minimum Gasteiger partial charge on any atom is -0.507 e. The number of hydrogen-bond acceptors (Lipinski definition) is 3. The molecule has 0 fully saturated rings. The van der Waals surface area contributed by atoms with Gasteiger partial charge >= 0.3 is 0 Å². The number of aryl methyl sites for hydroxylation is 1. The molecule has 2 aromatic rings. The minimum absolute atomic E-state index is 0.00561. The summed E-state index contributed by atoms with van der Waals surface area (Å²) in [7, 11) is 0. The van der Waals surface area contributed by atoms with Gasteiger partial charge in [-0.2, -0.15) is 5.10 Å². The van der Waals surface area contributed by atoms with E-state index in [1.54, 1.807) is 30.3 Å². The van der Waals surface area contributed by atoms with Gasteiger partial charge in [-0.05, 0) is 31.2 Å². The lowest BCUT2D eigenvalue weighted by molar-refractivity contribution is 0.0955. The van der Waals surface area contributed by atoms with E-state index in [2.05, 4.69) is 10.5 Å². The molecule has 2 aromatic carbocycles. The van der Waals surface area contributed by atoms with Gasteiger partial charge < -0.3 is 5.11 Å². The molecule has 0 radical (unpaired) electrons. The molecule has 0 aliphatic heterocycles. The van der Waals surface area contributed by atoms with Crippen molar-refractivity contribution in [3.63, 3.8) is 0 Å². The molecule has 20 heavy (non-hydrogen) atoms. The molecule has 1 amide bonds. The van der Waals surface area contributed by atoms with Crippen molar-refractivity contribution in [1.82, 2.24) is 5.43 Å². The molecule has 0 bridgehead atoms. The minimum atomic E-state index is -0.323. The number of amides is 1. The molecule has 2 N–H and O–H groups in total. The van der Waals surface area contributed by atoms with Crippen LogP contribution >= 0.6 is 11.6 Å². The van der Waals surface area contributed by atoms with Crippen molar-refractivity contribution in [3.05, 3.63) is 64.2 Å². The van der Waals surface area contributed by atoms with Crippen LogP contribution in [0.25, 0.3) is 0 Å². The number of benzene rings is 2. The summed E-state index contributed by atoms with van der Waals surface area (Å²) in [6.45, 7) is 1.90. The Kier molecular flexibility index (Phi) is 4.38. The summed E-state index contributed by atoms with van der Waals surface area (Å²) in [6, 6.07) is 11.9. The Hall–Kier alpha value is -2.33. The van der Waals surface area contributed by atoms with Crippen molar-refractivity contribution in [2.24, 2.45) is 5.10 Å². The van der Waals surface area contributed by atoms with Gasteiger partial charge in [0.05, 0.1) is 16.8 Å². The van der Waals surface area contributed by atoms with E-state index in [9.17, 15) is 9.90 Å². The second kappa shape index (κ2) is 6.21. The Morgan fingerprint density at radius 2 is 2.05 bits per heavy atom. The highest BCUT2D eigenvalue weighted by atomic mass is 35.5. The van der Waals surface area contributed by atoms with E-state index < -0.39 is 0 Å². The number of aromatic hydroxyl groups is 1. The molecule has 0 aliphatic carbocycles. The van der Waals surface area contributed by atoms with Crippen LogP contribution in [0.15, 0.2) is 47.6 Å². The van der Waals surface area contributed by atoms with Crippen LogP contribution in [0.3, 0.4) is 0 Å². The Bertz CT molecular complexity index is 648. The van der Waals surface area contributed by atoms with E-state index >= 15 is 0 Å². The maximum absolute atomic E-state index is 11.8. The first-order chi connectivity index (χ1) is 9.58. The number of hydrazone groups is 1. The van der Waals surface area contributed by atoms with Gasteiger partial charge in [-0.1, -0.05) is 35.4 Å². The summed E-state index contributed by atoms with van der Waals surface area (Å²) < 4.78 is 0. The fourth-order valence-corrected chi connectivity index (χ4v) is 1.88.